The second kappa shape index (κ2) is 7.78. The zero-order chi connectivity index (χ0) is 17.8. The van der Waals surface area contributed by atoms with Crippen LogP contribution in [0.3, 0.4) is 0 Å². The second-order valence-corrected chi connectivity index (χ2v) is 6.49. The Kier molecular flexibility index (Phi) is 5.48. The first-order valence-corrected chi connectivity index (χ1v) is 8.44. The molecule has 2 aromatic rings. The smallest absolute Gasteiger partial charge is 0.387 e. The number of benzene rings is 1. The van der Waals surface area contributed by atoms with Gasteiger partial charge >= 0.3 is 6.61 Å². The molecule has 1 fully saturated rings. The summed E-state index contributed by atoms with van der Waals surface area (Å²) in [5, 5.41) is 0. The van der Waals surface area contributed by atoms with Crippen molar-refractivity contribution in [2.45, 2.75) is 31.9 Å². The van der Waals surface area contributed by atoms with Gasteiger partial charge in [0.15, 0.2) is 0 Å². The third-order valence-electron chi connectivity index (χ3n) is 4.72. The van der Waals surface area contributed by atoms with Gasteiger partial charge in [-0.15, -0.1) is 0 Å². The van der Waals surface area contributed by atoms with Gasteiger partial charge in [-0.25, -0.2) is 0 Å². The number of nitrogens with zero attached hydrogens (tertiary/aromatic N) is 2. The molecule has 0 bridgehead atoms. The van der Waals surface area contributed by atoms with Crippen molar-refractivity contribution in [3.8, 4) is 5.75 Å². The van der Waals surface area contributed by atoms with Gasteiger partial charge in [0.25, 0.3) is 5.56 Å². The Labute approximate surface area is 145 Å². The van der Waals surface area contributed by atoms with Crippen LogP contribution in [0.15, 0.2) is 47.4 Å². The molecular weight excluding hydrogens is 326 g/mol. The summed E-state index contributed by atoms with van der Waals surface area (Å²) < 4.78 is 30.7. The first-order valence-electron chi connectivity index (χ1n) is 8.44. The summed E-state index contributed by atoms with van der Waals surface area (Å²) in [6.45, 7) is -0.256. The largest absolute Gasteiger partial charge is 0.435 e. The summed E-state index contributed by atoms with van der Waals surface area (Å²) in [6.07, 6.45) is 3.79. The molecule has 0 atom stereocenters. The molecule has 1 aromatic heterocycles. The van der Waals surface area contributed by atoms with E-state index in [1.54, 1.807) is 29.8 Å². The maximum absolute atomic E-state index is 12.3. The highest BCUT2D eigenvalue weighted by molar-refractivity contribution is 5.28. The van der Waals surface area contributed by atoms with Gasteiger partial charge in [-0.2, -0.15) is 8.78 Å². The summed E-state index contributed by atoms with van der Waals surface area (Å²) in [6, 6.07) is 10.6. The lowest BCUT2D eigenvalue weighted by molar-refractivity contribution is -0.0499. The van der Waals surface area contributed by atoms with Crippen LogP contribution >= 0.6 is 0 Å². The Bertz CT molecular complexity index is 768. The van der Waals surface area contributed by atoms with Gasteiger partial charge in [0.2, 0.25) is 0 Å². The van der Waals surface area contributed by atoms with Gasteiger partial charge in [0.1, 0.15) is 5.75 Å². The minimum absolute atomic E-state index is 0.0239. The van der Waals surface area contributed by atoms with Crippen LogP contribution < -0.4 is 10.3 Å². The van der Waals surface area contributed by atoms with E-state index in [9.17, 15) is 13.6 Å². The lowest BCUT2D eigenvalue weighted by Gasteiger charge is -2.32. The van der Waals surface area contributed by atoms with Crippen molar-refractivity contribution in [1.82, 2.24) is 9.47 Å². The highest BCUT2D eigenvalue weighted by atomic mass is 19.3. The fourth-order valence-corrected chi connectivity index (χ4v) is 3.32. The lowest BCUT2D eigenvalue weighted by Crippen LogP contribution is -2.32. The van der Waals surface area contributed by atoms with Crippen LogP contribution in [0, 0.1) is 0 Å². The van der Waals surface area contributed by atoms with Crippen LogP contribution in [0.2, 0.25) is 0 Å². The van der Waals surface area contributed by atoms with E-state index in [0.29, 0.717) is 12.5 Å². The van der Waals surface area contributed by atoms with E-state index in [2.05, 4.69) is 9.64 Å². The summed E-state index contributed by atoms with van der Waals surface area (Å²) in [4.78, 5) is 14.1. The van der Waals surface area contributed by atoms with Crippen molar-refractivity contribution < 1.29 is 13.5 Å². The van der Waals surface area contributed by atoms with Crippen LogP contribution in [0.25, 0.3) is 0 Å². The minimum Gasteiger partial charge on any atom is -0.435 e. The van der Waals surface area contributed by atoms with Gasteiger partial charge < -0.3 is 9.30 Å². The van der Waals surface area contributed by atoms with Crippen LogP contribution in [0.1, 0.15) is 29.9 Å². The van der Waals surface area contributed by atoms with Gasteiger partial charge in [-0.05, 0) is 61.2 Å². The van der Waals surface area contributed by atoms with Crippen LogP contribution in [-0.4, -0.2) is 29.2 Å². The zero-order valence-corrected chi connectivity index (χ0v) is 14.2. The quantitative estimate of drug-likeness (QED) is 0.831. The van der Waals surface area contributed by atoms with E-state index in [-0.39, 0.29) is 11.3 Å². The normalized spacial score (nSPS) is 16.3. The summed E-state index contributed by atoms with van der Waals surface area (Å²) >= 11 is 0. The van der Waals surface area contributed by atoms with Crippen molar-refractivity contribution in [3.63, 3.8) is 0 Å². The molecule has 1 aliphatic heterocycles. The van der Waals surface area contributed by atoms with E-state index in [4.69, 9.17) is 0 Å². The standard InChI is InChI=1S/C19H22F2N2O2/c1-22-8-5-16(12-18(22)24)15-6-9-23(10-7-15)13-14-3-2-4-17(11-14)25-19(20)21/h2-5,8,11-12,15,19H,6-7,9-10,13H2,1H3. The molecule has 0 amide bonds. The topological polar surface area (TPSA) is 34.5 Å². The average Bonchev–Trinajstić information content (AvgIpc) is 2.58. The number of alkyl halides is 2. The highest BCUT2D eigenvalue weighted by Gasteiger charge is 2.21. The monoisotopic (exact) mass is 348 g/mol. The molecule has 2 heterocycles. The molecule has 3 rings (SSSR count). The number of rotatable bonds is 5. The first-order chi connectivity index (χ1) is 12.0. The fraction of sp³-hybridized carbons (Fsp3) is 0.421. The van der Waals surface area contributed by atoms with E-state index >= 15 is 0 Å². The molecule has 25 heavy (non-hydrogen) atoms. The number of hydrogen-bond donors (Lipinski definition) is 0. The van der Waals surface area contributed by atoms with Crippen molar-refractivity contribution in [3.05, 3.63) is 64.1 Å². The number of piperidine rings is 1. The summed E-state index contributed by atoms with van der Waals surface area (Å²) in [5.74, 6) is 0.598. The lowest BCUT2D eigenvalue weighted by atomic mass is 9.90. The zero-order valence-electron chi connectivity index (χ0n) is 14.2. The molecule has 0 aliphatic carbocycles. The first kappa shape index (κ1) is 17.6. The van der Waals surface area contributed by atoms with Crippen molar-refractivity contribution >= 4 is 0 Å². The number of aryl methyl sites for hydroxylation is 1. The van der Waals surface area contributed by atoms with Crippen LogP contribution in [0.5, 0.6) is 5.75 Å². The Morgan fingerprint density at radius 1 is 1.20 bits per heavy atom. The fourth-order valence-electron chi connectivity index (χ4n) is 3.32. The van der Waals surface area contributed by atoms with Crippen molar-refractivity contribution in [1.29, 1.82) is 0 Å². The molecule has 0 N–H and O–H groups in total. The molecule has 0 unspecified atom stereocenters. The molecule has 1 aromatic carbocycles. The molecule has 0 radical (unpaired) electrons. The predicted octanol–water partition coefficient (Wildman–Crippen LogP) is 3.37. The van der Waals surface area contributed by atoms with Gasteiger partial charge in [-0.1, -0.05) is 12.1 Å². The van der Waals surface area contributed by atoms with Crippen molar-refractivity contribution in [2.75, 3.05) is 13.1 Å². The Balaban J connectivity index is 1.57. The number of hydrogen-bond acceptors (Lipinski definition) is 3. The average molecular weight is 348 g/mol. The summed E-state index contributed by atoms with van der Waals surface area (Å²) in [5.41, 5.74) is 2.09. The van der Waals surface area contributed by atoms with Gasteiger partial charge in [0.05, 0.1) is 0 Å². The number of likely N-dealkylation sites (tertiary alicyclic amines) is 1. The van der Waals surface area contributed by atoms with Crippen LogP contribution in [0.4, 0.5) is 8.78 Å². The predicted molar refractivity (Wildman–Crippen MR) is 92.0 cm³/mol. The SMILES string of the molecule is Cn1ccc(C2CCN(Cc3cccc(OC(F)F)c3)CC2)cc1=O. The maximum atomic E-state index is 12.3. The molecule has 134 valence electrons. The Morgan fingerprint density at radius 3 is 2.64 bits per heavy atom. The maximum Gasteiger partial charge on any atom is 0.387 e. The summed E-state index contributed by atoms with van der Waals surface area (Å²) in [7, 11) is 1.75. The number of pyridine rings is 1. The molecule has 1 saturated heterocycles. The molecule has 0 saturated carbocycles. The number of halogens is 2. The van der Waals surface area contributed by atoms with E-state index < -0.39 is 6.61 Å². The third kappa shape index (κ3) is 4.66. The number of ether oxygens (including phenoxy) is 1. The number of aromatic nitrogens is 1. The molecular formula is C19H22F2N2O2. The molecule has 4 nitrogen and oxygen atoms in total. The Hall–Kier alpha value is -2.21. The van der Waals surface area contributed by atoms with Gasteiger partial charge in [-0.3, -0.25) is 9.69 Å². The third-order valence-corrected chi connectivity index (χ3v) is 4.72. The molecule has 1 aliphatic rings. The van der Waals surface area contributed by atoms with Crippen LogP contribution in [-0.2, 0) is 13.6 Å². The molecule has 6 heteroatoms. The minimum atomic E-state index is -2.80. The second-order valence-electron chi connectivity index (χ2n) is 6.49. The highest BCUT2D eigenvalue weighted by Crippen LogP contribution is 2.28. The van der Waals surface area contributed by atoms with E-state index in [1.807, 2.05) is 18.3 Å². The van der Waals surface area contributed by atoms with E-state index in [1.165, 1.54) is 6.07 Å². The van der Waals surface area contributed by atoms with Gasteiger partial charge in [0, 0.05) is 25.9 Å². The Morgan fingerprint density at radius 2 is 1.96 bits per heavy atom. The van der Waals surface area contributed by atoms with E-state index in [0.717, 1.165) is 37.1 Å². The molecule has 0 spiro atoms. The van der Waals surface area contributed by atoms with Crippen molar-refractivity contribution in [2.24, 2.45) is 7.05 Å².